The van der Waals surface area contributed by atoms with Gasteiger partial charge in [0.1, 0.15) is 23.3 Å². The molecule has 10 heteroatoms. The van der Waals surface area contributed by atoms with Crippen molar-refractivity contribution in [3.8, 4) is 0 Å². The van der Waals surface area contributed by atoms with Gasteiger partial charge in [0.25, 0.3) is 16.6 Å². The molecule has 0 amide bonds. The van der Waals surface area contributed by atoms with E-state index >= 15 is 17.6 Å². The van der Waals surface area contributed by atoms with Gasteiger partial charge in [0.15, 0.2) is 0 Å². The third-order valence-electron chi connectivity index (χ3n) is 13.4. The van der Waals surface area contributed by atoms with Crippen molar-refractivity contribution >= 4 is 84.8 Å². The highest BCUT2D eigenvalue weighted by Crippen LogP contribution is 2.42. The van der Waals surface area contributed by atoms with Crippen LogP contribution in [-0.2, 0) is 8.85 Å². The number of hydrogen-bond acceptors (Lipinski definition) is 2. The van der Waals surface area contributed by atoms with E-state index in [-0.39, 0.29) is 23.3 Å². The maximum atomic E-state index is 15.0. The lowest BCUT2D eigenvalue weighted by Crippen LogP contribution is -2.74. The van der Waals surface area contributed by atoms with Gasteiger partial charge in [0, 0.05) is 12.3 Å². The van der Waals surface area contributed by atoms with E-state index in [9.17, 15) is 0 Å². The van der Waals surface area contributed by atoms with Gasteiger partial charge in [0.05, 0.1) is 12.2 Å². The van der Waals surface area contributed by atoms with Crippen LogP contribution in [0.25, 0.3) is 0 Å². The topological polar surface area (TPSA) is 18.5 Å². The summed E-state index contributed by atoms with van der Waals surface area (Å²) in [5.41, 5.74) is 0. The molecule has 0 bridgehead atoms. The summed E-state index contributed by atoms with van der Waals surface area (Å²) in [6.45, 7) is 0. The van der Waals surface area contributed by atoms with Gasteiger partial charge in [-0.2, -0.15) is 0 Å². The predicted octanol–water partition coefficient (Wildman–Crippen LogP) is 9.91. The van der Waals surface area contributed by atoms with Crippen LogP contribution >= 0.6 is 15.8 Å². The highest BCUT2D eigenvalue weighted by atomic mass is 31.1. The molecule has 0 heterocycles. The van der Waals surface area contributed by atoms with E-state index in [2.05, 4.69) is 146 Å². The lowest BCUT2D eigenvalue weighted by molar-refractivity contribution is 0.0806. The van der Waals surface area contributed by atoms with E-state index in [0.717, 1.165) is 52.3 Å². The first-order valence-corrected chi connectivity index (χ1v) is 31.4. The molecule has 10 aromatic rings. The van der Waals surface area contributed by atoms with Crippen molar-refractivity contribution in [2.75, 3.05) is 12.3 Å². The zero-order valence-corrected chi connectivity index (χ0v) is 44.1. The Balaban J connectivity index is 1.30. The van der Waals surface area contributed by atoms with Gasteiger partial charge in [-0.1, -0.05) is 231 Å². The van der Waals surface area contributed by atoms with E-state index in [0.29, 0.717) is 12.3 Å². The summed E-state index contributed by atoms with van der Waals surface area (Å²) in [6.07, 6.45) is -0.816. The van der Waals surface area contributed by atoms with Crippen molar-refractivity contribution < 1.29 is 26.4 Å². The Morgan fingerprint density at radius 1 is 0.257 bits per heavy atom. The molecule has 2 unspecified atom stereocenters. The number of benzene rings is 10. The Labute approximate surface area is 435 Å². The average molecular weight is 1050 g/mol. The van der Waals surface area contributed by atoms with Gasteiger partial charge in [-0.15, -0.1) is 0 Å². The molecule has 74 heavy (non-hydrogen) atoms. The molecule has 0 aliphatic rings. The van der Waals surface area contributed by atoms with Crippen molar-refractivity contribution in [2.45, 2.75) is 12.2 Å². The van der Waals surface area contributed by atoms with Gasteiger partial charge in [0.2, 0.25) is 0 Å². The number of hydrogen-bond donors (Lipinski definition) is 0. The average Bonchev–Trinajstić information content (AvgIpc) is 3.47. The first-order valence-electron chi connectivity index (χ1n) is 24.6. The zero-order valence-electron chi connectivity index (χ0n) is 40.3. The molecular formula is C64H52F4O2P2Si2. The number of halogens is 4. The summed E-state index contributed by atoms with van der Waals surface area (Å²) in [5.74, 6) is -1.47. The fourth-order valence-corrected chi connectivity index (χ4v) is 23.2. The molecule has 0 saturated heterocycles. The highest BCUT2D eigenvalue weighted by Gasteiger charge is 2.50. The first kappa shape index (κ1) is 50.7. The molecule has 0 aromatic heterocycles. The Bertz CT molecular complexity index is 2800. The van der Waals surface area contributed by atoms with Crippen molar-refractivity contribution in [2.24, 2.45) is 0 Å². The fourth-order valence-electron chi connectivity index (χ4n) is 9.92. The van der Waals surface area contributed by atoms with Crippen LogP contribution in [-0.4, -0.2) is 41.2 Å². The number of rotatable bonds is 19. The molecule has 10 rings (SSSR count). The molecule has 10 aromatic carbocycles. The maximum absolute atomic E-state index is 15.0. The highest BCUT2D eigenvalue weighted by molar-refractivity contribution is 7.73. The summed E-state index contributed by atoms with van der Waals surface area (Å²) in [4.78, 5) is 0. The molecule has 0 N–H and O–H groups in total. The minimum Gasteiger partial charge on any atom is -0.398 e. The molecule has 0 radical (unpaired) electrons. The lowest BCUT2D eigenvalue weighted by Gasteiger charge is -2.45. The molecule has 0 saturated carbocycles. The van der Waals surface area contributed by atoms with Crippen LogP contribution in [0.15, 0.2) is 279 Å². The van der Waals surface area contributed by atoms with Gasteiger partial charge in [-0.25, -0.2) is 17.6 Å². The van der Waals surface area contributed by atoms with Crippen molar-refractivity contribution in [1.82, 2.24) is 0 Å². The van der Waals surface area contributed by atoms with E-state index in [1.54, 1.807) is 0 Å². The van der Waals surface area contributed by atoms with Crippen molar-refractivity contribution in [3.05, 3.63) is 302 Å². The van der Waals surface area contributed by atoms with Crippen LogP contribution in [0.1, 0.15) is 0 Å². The molecule has 0 fully saturated rings. The molecule has 0 aliphatic heterocycles. The predicted molar refractivity (Wildman–Crippen MR) is 305 cm³/mol. The standard InChI is InChI=1S/C64H52F4O2P2Si2/c65-49-31-39-53(40-32-49)71(54-41-33-50(66)34-42-54)47-63(69-73(57-19-7-1-8-20-57,58-21-9-2-10-22-58)59-23-11-3-12-24-59)64(48-72(55-43-35-51(67)36-44-55)56-45-37-52(68)38-46-56)70-74(60-25-13-4-14-26-60,61-27-15-5-16-28-61)62-29-17-6-18-30-62/h1-46,63-64H,47-48H2. The molecule has 2 atom stereocenters. The van der Waals surface area contributed by atoms with Crippen molar-refractivity contribution in [3.63, 3.8) is 0 Å². The third kappa shape index (κ3) is 11.1. The second-order valence-corrected chi connectivity index (χ2v) is 29.2. The summed E-state index contributed by atoms with van der Waals surface area (Å²) < 4.78 is 77.3. The maximum Gasteiger partial charge on any atom is 0.288 e. The van der Waals surface area contributed by atoms with E-state index in [1.807, 2.05) is 84.9 Å². The fraction of sp³-hybridized carbons (Fsp3) is 0.0625. The molecular weight excluding hydrogens is 995 g/mol. The molecule has 366 valence electrons. The van der Waals surface area contributed by atoms with Gasteiger partial charge in [-0.3, -0.25) is 0 Å². The van der Waals surface area contributed by atoms with Gasteiger partial charge < -0.3 is 8.85 Å². The SMILES string of the molecule is Fc1ccc(P(CC(O[Si](c2ccccc2)(c2ccccc2)c2ccccc2)C(CP(c2ccc(F)cc2)c2ccc(F)cc2)O[Si](c2ccccc2)(c2ccccc2)c2ccccc2)c2ccc(F)cc2)cc1. The van der Waals surface area contributed by atoms with Gasteiger partial charge >= 0.3 is 0 Å². The minimum absolute atomic E-state index is 0.359. The minimum atomic E-state index is -3.64. The zero-order chi connectivity index (χ0) is 50.7. The van der Waals surface area contributed by atoms with E-state index in [1.165, 1.54) is 48.5 Å². The molecule has 0 spiro atoms. The Morgan fingerprint density at radius 3 is 0.608 bits per heavy atom. The van der Waals surface area contributed by atoms with Crippen LogP contribution in [0.2, 0.25) is 0 Å². The summed E-state index contributed by atoms with van der Waals surface area (Å²) in [5, 5.41) is 9.63. The van der Waals surface area contributed by atoms with Crippen LogP contribution in [0, 0.1) is 23.3 Å². The van der Waals surface area contributed by atoms with Crippen LogP contribution < -0.4 is 52.3 Å². The quantitative estimate of drug-likeness (QED) is 0.0348. The van der Waals surface area contributed by atoms with Crippen LogP contribution in [0.5, 0.6) is 0 Å². The lowest BCUT2D eigenvalue weighted by atomic mass is 10.2. The Kier molecular flexibility index (Phi) is 16.1. The van der Waals surface area contributed by atoms with Crippen molar-refractivity contribution in [1.29, 1.82) is 0 Å². The third-order valence-corrected chi connectivity index (χ3v) is 26.8. The van der Waals surface area contributed by atoms with Crippen LogP contribution in [0.4, 0.5) is 17.6 Å². The summed E-state index contributed by atoms with van der Waals surface area (Å²) in [6, 6.07) is 89.1. The van der Waals surface area contributed by atoms with Crippen LogP contribution in [0.3, 0.4) is 0 Å². The van der Waals surface area contributed by atoms with E-state index < -0.39 is 44.7 Å². The molecule has 2 nitrogen and oxygen atoms in total. The summed E-state index contributed by atoms with van der Waals surface area (Å²) >= 11 is 0. The monoisotopic (exact) mass is 1050 g/mol. The molecule has 0 aliphatic carbocycles. The first-order chi connectivity index (χ1) is 36.3. The Hall–Kier alpha value is -6.87. The second-order valence-electron chi connectivity index (χ2n) is 18.0. The Morgan fingerprint density at radius 2 is 0.432 bits per heavy atom. The largest absolute Gasteiger partial charge is 0.398 e. The summed E-state index contributed by atoms with van der Waals surface area (Å²) in [7, 11) is -10.2. The van der Waals surface area contributed by atoms with E-state index in [4.69, 9.17) is 8.85 Å². The smallest absolute Gasteiger partial charge is 0.288 e. The normalized spacial score (nSPS) is 12.7. The second kappa shape index (κ2) is 23.6. The van der Waals surface area contributed by atoms with Gasteiger partial charge in [-0.05, 0) is 117 Å².